The highest BCUT2D eigenvalue weighted by Gasteiger charge is 2.17. The van der Waals surface area contributed by atoms with Gasteiger partial charge in [-0.15, -0.1) is 17.8 Å². The molecule has 0 aliphatic carbocycles. The van der Waals surface area contributed by atoms with Crippen LogP contribution in [0.15, 0.2) is 17.6 Å². The number of nitrogens with zero attached hydrogens (tertiary/aromatic N) is 1. The van der Waals surface area contributed by atoms with Crippen molar-refractivity contribution in [3.63, 3.8) is 0 Å². The molecule has 0 radical (unpaired) electrons. The molecule has 5 heteroatoms. The van der Waals surface area contributed by atoms with Crippen LogP contribution in [0.3, 0.4) is 0 Å². The Balaban J connectivity index is 2.60. The Bertz CT molecular complexity index is 635. The normalized spacial score (nSPS) is 11.4. The van der Waals surface area contributed by atoms with Crippen molar-refractivity contribution in [2.24, 2.45) is 0 Å². The van der Waals surface area contributed by atoms with E-state index in [0.717, 1.165) is 21.2 Å². The van der Waals surface area contributed by atoms with Gasteiger partial charge in [0, 0.05) is 5.30 Å². The summed E-state index contributed by atoms with van der Waals surface area (Å²) in [4.78, 5) is 4.31. The average molecular weight is 264 g/mol. The van der Waals surface area contributed by atoms with E-state index in [-0.39, 0.29) is 0 Å². The van der Waals surface area contributed by atoms with Gasteiger partial charge in [0.1, 0.15) is 12.7 Å². The van der Waals surface area contributed by atoms with E-state index < -0.39 is 7.14 Å². The summed E-state index contributed by atoms with van der Waals surface area (Å²) in [5.74, 6) is 2.53. The highest BCUT2D eigenvalue weighted by atomic mass is 32.1. The average Bonchev–Trinajstić information content (AvgIpc) is 2.72. The van der Waals surface area contributed by atoms with Crippen LogP contribution in [0.5, 0.6) is 0 Å². The molecule has 0 saturated heterocycles. The summed E-state index contributed by atoms with van der Waals surface area (Å²) in [6.45, 7) is 4.01. The molecule has 1 aromatic heterocycles. The number of anilines is 1. The molecule has 3 nitrogen and oxygen atoms in total. The molecule has 0 bridgehead atoms. The fraction of sp³-hybridized carbons (Fsp3) is 0.250. The Labute approximate surface area is 105 Å². The van der Waals surface area contributed by atoms with E-state index in [1.54, 1.807) is 18.8 Å². The van der Waals surface area contributed by atoms with Gasteiger partial charge in [0.25, 0.3) is 0 Å². The van der Waals surface area contributed by atoms with Gasteiger partial charge < -0.3 is 9.88 Å². The number of benzene rings is 1. The molecule has 0 fully saturated rings. The maximum Gasteiger partial charge on any atom is 0.111 e. The minimum atomic E-state index is -2.27. The predicted molar refractivity (Wildman–Crippen MR) is 76.0 cm³/mol. The van der Waals surface area contributed by atoms with E-state index >= 15 is 0 Å². The van der Waals surface area contributed by atoms with E-state index in [0.29, 0.717) is 6.54 Å². The van der Waals surface area contributed by atoms with Gasteiger partial charge in [0.05, 0.1) is 22.4 Å². The SMILES string of the molecule is C#CCNc1ccc(P(C)(C)=O)c2scnc12. The number of thiazole rings is 1. The van der Waals surface area contributed by atoms with Gasteiger partial charge in [-0.2, -0.15) is 0 Å². The highest BCUT2D eigenvalue weighted by molar-refractivity contribution is 7.71. The minimum Gasteiger partial charge on any atom is -0.372 e. The first kappa shape index (κ1) is 12.2. The zero-order valence-electron chi connectivity index (χ0n) is 9.73. The zero-order chi connectivity index (χ0) is 12.5. The van der Waals surface area contributed by atoms with Gasteiger partial charge in [-0.3, -0.25) is 0 Å². The lowest BCUT2D eigenvalue weighted by Crippen LogP contribution is -2.06. The molecule has 2 aromatic rings. The van der Waals surface area contributed by atoms with E-state index in [4.69, 9.17) is 6.42 Å². The van der Waals surface area contributed by atoms with Crippen molar-refractivity contribution < 1.29 is 4.57 Å². The van der Waals surface area contributed by atoms with Gasteiger partial charge in [0.2, 0.25) is 0 Å². The van der Waals surface area contributed by atoms with Gasteiger partial charge >= 0.3 is 0 Å². The summed E-state index contributed by atoms with van der Waals surface area (Å²) in [5, 5.41) is 4.01. The molecule has 1 N–H and O–H groups in total. The minimum absolute atomic E-state index is 0.460. The molecule has 0 aliphatic rings. The Morgan fingerprint density at radius 1 is 1.53 bits per heavy atom. The Morgan fingerprint density at radius 2 is 2.29 bits per heavy atom. The Kier molecular flexibility index (Phi) is 3.24. The fourth-order valence-electron chi connectivity index (χ4n) is 1.65. The molecular weight excluding hydrogens is 251 g/mol. The number of hydrogen-bond donors (Lipinski definition) is 1. The highest BCUT2D eigenvalue weighted by Crippen LogP contribution is 2.40. The molecular formula is C12H13N2OPS. The van der Waals surface area contributed by atoms with Crippen LogP contribution in [0.1, 0.15) is 0 Å². The van der Waals surface area contributed by atoms with Crippen molar-refractivity contribution in [1.29, 1.82) is 0 Å². The topological polar surface area (TPSA) is 42.0 Å². The maximum absolute atomic E-state index is 12.2. The second-order valence-corrected chi connectivity index (χ2v) is 8.11. The molecule has 1 aromatic carbocycles. The molecule has 0 saturated carbocycles. The molecule has 17 heavy (non-hydrogen) atoms. The van der Waals surface area contributed by atoms with Gasteiger partial charge in [0.15, 0.2) is 0 Å². The number of terminal acetylenes is 1. The van der Waals surface area contributed by atoms with E-state index in [1.807, 2.05) is 12.1 Å². The molecule has 0 spiro atoms. The quantitative estimate of drug-likeness (QED) is 0.684. The van der Waals surface area contributed by atoms with Crippen LogP contribution in [0.25, 0.3) is 10.2 Å². The third-order valence-electron chi connectivity index (χ3n) is 2.42. The molecule has 1 heterocycles. The molecule has 0 atom stereocenters. The maximum atomic E-state index is 12.2. The summed E-state index contributed by atoms with van der Waals surface area (Å²) < 4.78 is 13.2. The Morgan fingerprint density at radius 3 is 2.94 bits per heavy atom. The second kappa shape index (κ2) is 4.52. The largest absolute Gasteiger partial charge is 0.372 e. The number of hydrogen-bond acceptors (Lipinski definition) is 4. The van der Waals surface area contributed by atoms with Crippen LogP contribution < -0.4 is 10.6 Å². The summed E-state index contributed by atoms with van der Waals surface area (Å²) in [6.07, 6.45) is 5.22. The predicted octanol–water partition coefficient (Wildman–Crippen LogP) is 2.59. The van der Waals surface area contributed by atoms with Crippen molar-refractivity contribution in [3.8, 4) is 12.3 Å². The number of aromatic nitrogens is 1. The number of nitrogens with one attached hydrogen (secondary N) is 1. The standard InChI is InChI=1S/C12H13N2OPS/c1-4-7-13-9-5-6-10(16(2,3)15)12-11(9)14-8-17-12/h1,5-6,8,13H,7H2,2-3H3. The van der Waals surface area contributed by atoms with E-state index in [9.17, 15) is 4.57 Å². The monoisotopic (exact) mass is 264 g/mol. The van der Waals surface area contributed by atoms with Crippen molar-refractivity contribution in [2.75, 3.05) is 25.2 Å². The number of rotatable bonds is 3. The van der Waals surface area contributed by atoms with E-state index in [1.165, 1.54) is 11.3 Å². The lowest BCUT2D eigenvalue weighted by atomic mass is 10.3. The molecule has 0 unspecified atom stereocenters. The summed E-state index contributed by atoms with van der Waals surface area (Å²) >= 11 is 1.51. The summed E-state index contributed by atoms with van der Waals surface area (Å²) in [5.41, 5.74) is 3.52. The molecule has 88 valence electrons. The van der Waals surface area contributed by atoms with Crippen LogP contribution in [0, 0.1) is 12.3 Å². The van der Waals surface area contributed by atoms with Crippen molar-refractivity contribution in [3.05, 3.63) is 17.6 Å². The fourth-order valence-corrected chi connectivity index (χ4v) is 4.22. The molecule has 0 aliphatic heterocycles. The zero-order valence-corrected chi connectivity index (χ0v) is 11.4. The first-order valence-corrected chi connectivity index (χ1v) is 8.61. The second-order valence-electron chi connectivity index (χ2n) is 4.07. The molecule has 0 amide bonds. The third kappa shape index (κ3) is 2.36. The van der Waals surface area contributed by atoms with Crippen LogP contribution in [-0.2, 0) is 4.57 Å². The van der Waals surface area contributed by atoms with Crippen LogP contribution in [-0.4, -0.2) is 24.9 Å². The van der Waals surface area contributed by atoms with Gasteiger partial charge in [-0.1, -0.05) is 5.92 Å². The van der Waals surface area contributed by atoms with E-state index in [2.05, 4.69) is 16.2 Å². The number of fused-ring (bicyclic) bond motifs is 1. The first-order valence-electron chi connectivity index (χ1n) is 5.13. The van der Waals surface area contributed by atoms with Crippen LogP contribution >= 0.6 is 18.5 Å². The lowest BCUT2D eigenvalue weighted by Gasteiger charge is -2.10. The van der Waals surface area contributed by atoms with Crippen LogP contribution in [0.2, 0.25) is 0 Å². The van der Waals surface area contributed by atoms with Crippen molar-refractivity contribution in [2.45, 2.75) is 0 Å². The molecule has 2 rings (SSSR count). The van der Waals surface area contributed by atoms with Crippen molar-refractivity contribution in [1.82, 2.24) is 4.98 Å². The third-order valence-corrected chi connectivity index (χ3v) is 4.97. The first-order chi connectivity index (χ1) is 8.04. The van der Waals surface area contributed by atoms with Crippen LogP contribution in [0.4, 0.5) is 5.69 Å². The smallest absolute Gasteiger partial charge is 0.111 e. The lowest BCUT2D eigenvalue weighted by molar-refractivity contribution is 0.588. The van der Waals surface area contributed by atoms with Gasteiger partial charge in [-0.05, 0) is 25.5 Å². The Hall–Kier alpha value is -1.30. The summed E-state index contributed by atoms with van der Waals surface area (Å²) in [7, 11) is -2.27. The summed E-state index contributed by atoms with van der Waals surface area (Å²) in [6, 6.07) is 3.80. The van der Waals surface area contributed by atoms with Crippen molar-refractivity contribution >= 4 is 39.7 Å². The van der Waals surface area contributed by atoms with Gasteiger partial charge in [-0.25, -0.2) is 4.98 Å².